The van der Waals surface area contributed by atoms with Gasteiger partial charge in [-0.3, -0.25) is 0 Å². The van der Waals surface area contributed by atoms with Gasteiger partial charge in [0.25, 0.3) is 0 Å². The summed E-state index contributed by atoms with van der Waals surface area (Å²) >= 11 is 6.12. The highest BCUT2D eigenvalue weighted by atomic mass is 35.5. The molecule has 0 radical (unpaired) electrons. The summed E-state index contributed by atoms with van der Waals surface area (Å²) in [5.41, 5.74) is -0.676. The number of sulfone groups is 1. The Hall–Kier alpha value is 0.240. The summed E-state index contributed by atoms with van der Waals surface area (Å²) in [5.74, 6) is 0. The fourth-order valence-electron chi connectivity index (χ4n) is 2.12. The molecule has 1 fully saturated rings. The Morgan fingerprint density at radius 3 is 1.25 bits per heavy atom. The van der Waals surface area contributed by atoms with Crippen molar-refractivity contribution < 1.29 is 8.42 Å². The summed E-state index contributed by atoms with van der Waals surface area (Å²) in [5, 5.41) is 0. The molecule has 0 aromatic heterocycles. The Kier molecular flexibility index (Phi) is 1.73. The molecule has 0 aliphatic heterocycles. The minimum absolute atomic E-state index is 0.338. The lowest BCUT2D eigenvalue weighted by Gasteiger charge is -2.09. The van der Waals surface area contributed by atoms with Crippen LogP contribution in [0.2, 0.25) is 0 Å². The average molecular weight is 211 g/mol. The van der Waals surface area contributed by atoms with E-state index < -0.39 is 14.0 Å². The van der Waals surface area contributed by atoms with Crippen molar-refractivity contribution in [2.45, 2.75) is 31.9 Å². The summed E-state index contributed by atoms with van der Waals surface area (Å²) in [4.78, 5) is 0. The van der Waals surface area contributed by atoms with Crippen LogP contribution in [0, 0.1) is 10.8 Å². The summed E-state index contributed by atoms with van der Waals surface area (Å²) in [6, 6.07) is 0. The maximum absolute atomic E-state index is 11.4. The van der Waals surface area contributed by atoms with Crippen LogP contribution < -0.4 is 0 Å². The van der Waals surface area contributed by atoms with Crippen LogP contribution in [-0.2, 0) is 9.84 Å². The molecule has 1 aliphatic carbocycles. The second kappa shape index (κ2) is 2.01. The van der Waals surface area contributed by atoms with E-state index >= 15 is 0 Å². The molecule has 0 amide bonds. The van der Waals surface area contributed by atoms with Gasteiger partial charge in [0.2, 0.25) is 0 Å². The Labute approximate surface area is 79.2 Å². The molecule has 0 saturated heterocycles. The van der Waals surface area contributed by atoms with Gasteiger partial charge in [-0.15, -0.1) is 11.6 Å². The first-order valence-electron chi connectivity index (χ1n) is 3.88. The van der Waals surface area contributed by atoms with Crippen LogP contribution in [0.15, 0.2) is 0 Å². The van der Waals surface area contributed by atoms with E-state index in [1.54, 1.807) is 0 Å². The van der Waals surface area contributed by atoms with E-state index in [1.807, 2.05) is 27.7 Å². The lowest BCUT2D eigenvalue weighted by atomic mass is 10.0. The highest BCUT2D eigenvalue weighted by molar-refractivity contribution is 7.93. The Bertz CT molecular complexity index is 300. The van der Waals surface area contributed by atoms with Crippen molar-refractivity contribution in [1.29, 1.82) is 0 Å². The normalized spacial score (nSPS) is 29.8. The number of hydrogen-bond donors (Lipinski definition) is 0. The molecule has 72 valence electrons. The van der Waals surface area contributed by atoms with Gasteiger partial charge in [0.05, 0.1) is 0 Å². The molecule has 4 heteroatoms. The summed E-state index contributed by atoms with van der Waals surface area (Å²) < 4.78 is 21.8. The molecule has 0 atom stereocenters. The summed E-state index contributed by atoms with van der Waals surface area (Å²) in [6.45, 7) is 7.56. The van der Waals surface area contributed by atoms with Gasteiger partial charge in [-0.1, -0.05) is 27.7 Å². The lowest BCUT2D eigenvalue weighted by molar-refractivity contribution is 0.457. The number of alkyl halides is 1. The molecule has 0 aromatic carbocycles. The zero-order valence-corrected chi connectivity index (χ0v) is 9.68. The van der Waals surface area contributed by atoms with Gasteiger partial charge in [0.15, 0.2) is 14.0 Å². The molecule has 2 nitrogen and oxygen atoms in total. The van der Waals surface area contributed by atoms with Gasteiger partial charge in [0, 0.05) is 17.1 Å². The van der Waals surface area contributed by atoms with Crippen molar-refractivity contribution in [3.05, 3.63) is 0 Å². The van der Waals surface area contributed by atoms with E-state index in [9.17, 15) is 8.42 Å². The second-order valence-corrected chi connectivity index (χ2v) is 7.57. The molecule has 12 heavy (non-hydrogen) atoms. The van der Waals surface area contributed by atoms with Gasteiger partial charge in [-0.25, -0.2) is 8.42 Å². The topological polar surface area (TPSA) is 34.1 Å². The minimum Gasteiger partial charge on any atom is -0.227 e. The highest BCUT2D eigenvalue weighted by Crippen LogP contribution is 2.77. The van der Waals surface area contributed by atoms with Crippen LogP contribution in [-0.4, -0.2) is 18.9 Å². The van der Waals surface area contributed by atoms with E-state index in [0.29, 0.717) is 0 Å². The Morgan fingerprint density at radius 2 is 1.25 bits per heavy atom. The lowest BCUT2D eigenvalue weighted by Crippen LogP contribution is -2.22. The largest absolute Gasteiger partial charge is 0.227 e. The number of rotatable bonds is 1. The zero-order chi connectivity index (χ0) is 10.0. The van der Waals surface area contributed by atoms with Crippen LogP contribution in [0.25, 0.3) is 0 Å². The smallest absolute Gasteiger partial charge is 0.168 e. The van der Waals surface area contributed by atoms with E-state index in [2.05, 4.69) is 0 Å². The van der Waals surface area contributed by atoms with Crippen molar-refractivity contribution in [3.8, 4) is 0 Å². The maximum Gasteiger partial charge on any atom is 0.168 e. The molecule has 0 heterocycles. The third-order valence-corrected chi connectivity index (χ3v) is 7.45. The fourth-order valence-corrected chi connectivity index (χ4v) is 4.86. The van der Waals surface area contributed by atoms with Crippen molar-refractivity contribution in [1.82, 2.24) is 0 Å². The van der Waals surface area contributed by atoms with Crippen molar-refractivity contribution in [2.75, 3.05) is 6.26 Å². The van der Waals surface area contributed by atoms with Gasteiger partial charge < -0.3 is 0 Å². The number of hydrogen-bond acceptors (Lipinski definition) is 2. The molecule has 0 bridgehead atoms. The maximum atomic E-state index is 11.4. The van der Waals surface area contributed by atoms with Crippen LogP contribution in [0.5, 0.6) is 0 Å². The molecule has 1 rings (SSSR count). The van der Waals surface area contributed by atoms with Crippen LogP contribution in [0.1, 0.15) is 27.7 Å². The first-order valence-corrected chi connectivity index (χ1v) is 6.15. The van der Waals surface area contributed by atoms with E-state index in [0.717, 1.165) is 0 Å². The zero-order valence-electron chi connectivity index (χ0n) is 8.10. The summed E-state index contributed by atoms with van der Waals surface area (Å²) in [7, 11) is -3.18. The molecule has 1 saturated carbocycles. The molecular weight excluding hydrogens is 196 g/mol. The van der Waals surface area contributed by atoms with Gasteiger partial charge in [-0.05, 0) is 0 Å². The third kappa shape index (κ3) is 0.746. The van der Waals surface area contributed by atoms with Crippen molar-refractivity contribution in [3.63, 3.8) is 0 Å². The standard InChI is InChI=1S/C8H15ClO2S/c1-6(2)7(3,4)8(6,9)12(5,10)11/h1-5H3. The van der Waals surface area contributed by atoms with Gasteiger partial charge in [-0.2, -0.15) is 0 Å². The Balaban J connectivity index is 3.28. The predicted molar refractivity (Wildman–Crippen MR) is 51.0 cm³/mol. The highest BCUT2D eigenvalue weighted by Gasteiger charge is 2.82. The van der Waals surface area contributed by atoms with E-state index in [4.69, 9.17) is 11.6 Å². The predicted octanol–water partition coefficient (Wildman–Crippen LogP) is 2.03. The third-order valence-electron chi connectivity index (χ3n) is 3.62. The average Bonchev–Trinajstić information content (AvgIpc) is 2.09. The first-order chi connectivity index (χ1) is 5.00. The van der Waals surface area contributed by atoms with Crippen molar-refractivity contribution in [2.24, 2.45) is 10.8 Å². The Morgan fingerprint density at radius 1 is 1.00 bits per heavy atom. The quantitative estimate of drug-likeness (QED) is 0.621. The SMILES string of the molecule is CC1(C)C(C)(C)C1(Cl)S(C)(=O)=O. The van der Waals surface area contributed by atoms with E-state index in [1.165, 1.54) is 6.26 Å². The molecule has 1 aliphatic rings. The minimum atomic E-state index is -3.18. The molecule has 0 unspecified atom stereocenters. The second-order valence-electron chi connectivity index (χ2n) is 4.62. The van der Waals surface area contributed by atoms with Crippen molar-refractivity contribution >= 4 is 21.4 Å². The number of halogens is 1. The van der Waals surface area contributed by atoms with Crippen LogP contribution in [0.4, 0.5) is 0 Å². The van der Waals surface area contributed by atoms with E-state index in [-0.39, 0.29) is 10.8 Å². The molecule has 0 aromatic rings. The fraction of sp³-hybridized carbons (Fsp3) is 1.00. The first kappa shape index (κ1) is 10.3. The van der Waals surface area contributed by atoms with Gasteiger partial charge >= 0.3 is 0 Å². The van der Waals surface area contributed by atoms with Crippen LogP contribution in [0.3, 0.4) is 0 Å². The molecule has 0 spiro atoms. The molecular formula is C8H15ClO2S. The molecule has 0 N–H and O–H groups in total. The monoisotopic (exact) mass is 210 g/mol. The van der Waals surface area contributed by atoms with Crippen LogP contribution >= 0.6 is 11.6 Å². The summed E-state index contributed by atoms with van der Waals surface area (Å²) in [6.07, 6.45) is 1.20. The van der Waals surface area contributed by atoms with Gasteiger partial charge in [0.1, 0.15) is 0 Å².